The van der Waals surface area contributed by atoms with Crippen molar-refractivity contribution in [3.05, 3.63) is 28.9 Å². The Morgan fingerprint density at radius 1 is 1.64 bits per heavy atom. The van der Waals surface area contributed by atoms with Crippen molar-refractivity contribution in [2.24, 2.45) is 0 Å². The molecule has 0 N–H and O–H groups in total. The van der Waals surface area contributed by atoms with E-state index in [-0.39, 0.29) is 5.97 Å². The first-order valence-electron chi connectivity index (χ1n) is 3.94. The van der Waals surface area contributed by atoms with Crippen molar-refractivity contribution in [2.45, 2.75) is 4.90 Å². The molecule has 0 bridgehead atoms. The summed E-state index contributed by atoms with van der Waals surface area (Å²) in [5.41, 5.74) is 0.960. The quantitative estimate of drug-likeness (QED) is 0.592. The summed E-state index contributed by atoms with van der Waals surface area (Å²) in [6.45, 7) is 0. The molecule has 1 aromatic rings. The molecule has 3 nitrogen and oxygen atoms in total. The minimum absolute atomic E-state index is 0.359. The number of nitrogens with zero attached hydrogens (tertiary/aromatic N) is 1. The number of carbonyl (C=O) groups is 1. The highest BCUT2D eigenvalue weighted by molar-refractivity contribution is 8.40. The van der Waals surface area contributed by atoms with E-state index in [4.69, 9.17) is 10.7 Å². The molecule has 0 radical (unpaired) electrons. The number of fused-ring (bicyclic) bond motifs is 1. The first-order valence-corrected chi connectivity index (χ1v) is 6.18. The molecule has 0 saturated heterocycles. The smallest absolute Gasteiger partial charge is 0.343 e. The highest BCUT2D eigenvalue weighted by Crippen LogP contribution is 2.55. The number of methoxy groups -OCH3 is 1. The molecule has 1 unspecified atom stereocenters. The van der Waals surface area contributed by atoms with Crippen LogP contribution >= 0.6 is 20.8 Å². The Morgan fingerprint density at radius 3 is 3.07 bits per heavy atom. The number of ether oxygens (including phenoxy) is 1. The molecule has 1 aliphatic heterocycles. The van der Waals surface area contributed by atoms with Crippen molar-refractivity contribution >= 4 is 32.8 Å². The van der Waals surface area contributed by atoms with Crippen LogP contribution in [0.5, 0.6) is 0 Å². The zero-order valence-electron chi connectivity index (χ0n) is 7.40. The van der Waals surface area contributed by atoms with E-state index < -0.39 is 10.1 Å². The third kappa shape index (κ3) is 1.40. The van der Waals surface area contributed by atoms with E-state index in [1.54, 1.807) is 18.5 Å². The topological polar surface area (TPSA) is 39.2 Å². The molecule has 74 valence electrons. The van der Waals surface area contributed by atoms with Crippen LogP contribution in [0.4, 0.5) is 0 Å². The number of rotatable bonds is 1. The van der Waals surface area contributed by atoms with Gasteiger partial charge >= 0.3 is 5.97 Å². The number of hydrogen-bond acceptors (Lipinski definition) is 3. The lowest BCUT2D eigenvalue weighted by atomic mass is 10.2. The van der Waals surface area contributed by atoms with Crippen molar-refractivity contribution in [3.8, 4) is 0 Å². The standard InChI is InChI=1S/C9H8ClNO2S/c1-13-9(12)7-4-6-2-3-11-5-8(6)14(7)10/h2-5,14H,1H3. The predicted octanol–water partition coefficient (Wildman–Crippen LogP) is 2.12. The summed E-state index contributed by atoms with van der Waals surface area (Å²) in [6.07, 6.45) is 5.14. The predicted molar refractivity (Wildman–Crippen MR) is 57.3 cm³/mol. The maximum Gasteiger partial charge on any atom is 0.343 e. The minimum atomic E-state index is -1.09. The molecular formula is C9H8ClNO2S. The molecule has 1 aliphatic rings. The Bertz CT molecular complexity index is 419. The van der Waals surface area contributed by atoms with Gasteiger partial charge in [-0.2, -0.15) is 0 Å². The molecule has 0 aromatic carbocycles. The Hall–Kier alpha value is -1.00. The molecule has 1 atom stereocenters. The second kappa shape index (κ2) is 3.63. The summed E-state index contributed by atoms with van der Waals surface area (Å²) < 4.78 is 4.64. The molecule has 1 aromatic heterocycles. The van der Waals surface area contributed by atoms with Crippen molar-refractivity contribution in [2.75, 3.05) is 7.11 Å². The first kappa shape index (κ1) is 9.55. The molecule has 2 heterocycles. The second-order valence-electron chi connectivity index (χ2n) is 2.74. The fourth-order valence-corrected chi connectivity index (χ4v) is 3.33. The van der Waals surface area contributed by atoms with E-state index in [2.05, 4.69) is 9.72 Å². The van der Waals surface area contributed by atoms with Gasteiger partial charge in [0.25, 0.3) is 0 Å². The van der Waals surface area contributed by atoms with Crippen LogP contribution in [-0.4, -0.2) is 18.1 Å². The number of hydrogen-bond donors (Lipinski definition) is 1. The van der Waals surface area contributed by atoms with E-state index in [0.717, 1.165) is 10.5 Å². The van der Waals surface area contributed by atoms with Gasteiger partial charge in [0, 0.05) is 17.3 Å². The molecule has 0 spiro atoms. The maximum atomic E-state index is 11.3. The van der Waals surface area contributed by atoms with Gasteiger partial charge in [0.1, 0.15) is 0 Å². The molecule has 14 heavy (non-hydrogen) atoms. The summed E-state index contributed by atoms with van der Waals surface area (Å²) in [4.78, 5) is 16.7. The number of carbonyl (C=O) groups excluding carboxylic acids is 1. The Morgan fingerprint density at radius 2 is 2.43 bits per heavy atom. The molecule has 0 fully saturated rings. The second-order valence-corrected chi connectivity index (χ2v) is 5.28. The minimum Gasteiger partial charge on any atom is -0.465 e. The molecule has 2 rings (SSSR count). The summed E-state index contributed by atoms with van der Waals surface area (Å²) >= 11 is 0. The third-order valence-electron chi connectivity index (χ3n) is 1.94. The van der Waals surface area contributed by atoms with Gasteiger partial charge in [-0.25, -0.2) is 4.79 Å². The van der Waals surface area contributed by atoms with Crippen LogP contribution in [0.15, 0.2) is 28.3 Å². The van der Waals surface area contributed by atoms with Crippen LogP contribution in [-0.2, 0) is 9.53 Å². The molecular weight excluding hydrogens is 222 g/mol. The monoisotopic (exact) mass is 229 g/mol. The summed E-state index contributed by atoms with van der Waals surface area (Å²) in [5.74, 6) is -0.359. The van der Waals surface area contributed by atoms with Crippen LogP contribution in [0.2, 0.25) is 0 Å². The van der Waals surface area contributed by atoms with Crippen LogP contribution in [0.3, 0.4) is 0 Å². The zero-order valence-corrected chi connectivity index (χ0v) is 9.05. The summed E-state index contributed by atoms with van der Waals surface area (Å²) in [7, 11) is 6.40. The zero-order chi connectivity index (χ0) is 10.1. The van der Waals surface area contributed by atoms with Gasteiger partial charge in [-0.15, -0.1) is 10.1 Å². The number of thiol groups is 1. The third-order valence-corrected chi connectivity index (χ3v) is 4.57. The molecule has 5 heteroatoms. The van der Waals surface area contributed by atoms with E-state index in [9.17, 15) is 4.79 Å². The van der Waals surface area contributed by atoms with E-state index in [1.807, 2.05) is 6.07 Å². The Kier molecular flexibility index (Phi) is 2.48. The van der Waals surface area contributed by atoms with Gasteiger partial charge < -0.3 is 4.74 Å². The average molecular weight is 230 g/mol. The van der Waals surface area contributed by atoms with Crippen LogP contribution in [0.25, 0.3) is 6.08 Å². The SMILES string of the molecule is COC(=O)C1=Cc2ccncc2[SH]1Cl. The van der Waals surface area contributed by atoms with Gasteiger partial charge in [-0.1, -0.05) is 10.7 Å². The highest BCUT2D eigenvalue weighted by atomic mass is 35.7. The van der Waals surface area contributed by atoms with Gasteiger partial charge in [-0.3, -0.25) is 4.98 Å². The van der Waals surface area contributed by atoms with Crippen molar-refractivity contribution < 1.29 is 9.53 Å². The van der Waals surface area contributed by atoms with Crippen molar-refractivity contribution in [3.63, 3.8) is 0 Å². The lowest BCUT2D eigenvalue weighted by Gasteiger charge is -2.09. The molecule has 0 aliphatic carbocycles. The molecule has 0 amide bonds. The largest absolute Gasteiger partial charge is 0.465 e. The summed E-state index contributed by atoms with van der Waals surface area (Å²) in [5, 5.41) is 0. The van der Waals surface area contributed by atoms with Crippen LogP contribution in [0, 0.1) is 0 Å². The molecule has 0 saturated carbocycles. The Balaban J connectivity index is 2.41. The Labute approximate surface area is 88.6 Å². The number of esters is 1. The van der Waals surface area contributed by atoms with Gasteiger partial charge in [0.05, 0.1) is 12.0 Å². The van der Waals surface area contributed by atoms with Gasteiger partial charge in [0.2, 0.25) is 0 Å². The van der Waals surface area contributed by atoms with Crippen LogP contribution in [0.1, 0.15) is 5.56 Å². The number of aromatic nitrogens is 1. The number of halogens is 1. The normalized spacial score (nSPS) is 21.3. The van der Waals surface area contributed by atoms with E-state index in [0.29, 0.717) is 4.91 Å². The number of pyridine rings is 1. The first-order chi connectivity index (χ1) is 6.74. The van der Waals surface area contributed by atoms with Gasteiger partial charge in [-0.05, 0) is 17.7 Å². The van der Waals surface area contributed by atoms with Gasteiger partial charge in [0.15, 0.2) is 0 Å². The van der Waals surface area contributed by atoms with Crippen molar-refractivity contribution in [1.82, 2.24) is 4.98 Å². The maximum absolute atomic E-state index is 11.3. The average Bonchev–Trinajstić information content (AvgIpc) is 2.56. The van der Waals surface area contributed by atoms with E-state index in [1.165, 1.54) is 7.11 Å². The lowest BCUT2D eigenvalue weighted by Crippen LogP contribution is -2.01. The van der Waals surface area contributed by atoms with E-state index >= 15 is 0 Å². The lowest BCUT2D eigenvalue weighted by molar-refractivity contribution is -0.135. The van der Waals surface area contributed by atoms with Crippen molar-refractivity contribution in [1.29, 1.82) is 0 Å². The highest BCUT2D eigenvalue weighted by Gasteiger charge is 2.25. The van der Waals surface area contributed by atoms with Crippen LogP contribution < -0.4 is 0 Å². The fraction of sp³-hybridized carbons (Fsp3) is 0.111. The fourth-order valence-electron chi connectivity index (χ4n) is 1.26. The summed E-state index contributed by atoms with van der Waals surface area (Å²) in [6, 6.07) is 1.84.